The molecule has 0 saturated heterocycles. The van der Waals surface area contributed by atoms with Gasteiger partial charge < -0.3 is 15.7 Å². The van der Waals surface area contributed by atoms with Crippen LogP contribution in [-0.4, -0.2) is 38.4 Å². The minimum atomic E-state index is -4.61. The van der Waals surface area contributed by atoms with Crippen molar-refractivity contribution in [3.8, 4) is 0 Å². The lowest BCUT2D eigenvalue weighted by molar-refractivity contribution is -0.0904. The fourth-order valence-electron chi connectivity index (χ4n) is 2.45. The zero-order valence-electron chi connectivity index (χ0n) is 14.7. The minimum absolute atomic E-state index is 0.0190. The number of aromatic nitrogens is 3. The summed E-state index contributed by atoms with van der Waals surface area (Å²) in [6.45, 7) is 4.83. The molecule has 3 N–H and O–H groups in total. The van der Waals surface area contributed by atoms with Crippen LogP contribution in [0.4, 0.5) is 29.5 Å². The highest BCUT2D eigenvalue weighted by Gasteiger charge is 2.34. The zero-order valence-corrected chi connectivity index (χ0v) is 14.7. The molecule has 0 fully saturated rings. The quantitative estimate of drug-likeness (QED) is 0.679. The number of halogens is 4. The lowest BCUT2D eigenvalue weighted by Gasteiger charge is -2.20. The zero-order chi connectivity index (χ0) is 19.5. The van der Waals surface area contributed by atoms with E-state index in [1.807, 2.05) is 0 Å². The Bertz CT molecular complexity index is 715. The number of nitrogens with one attached hydrogen (secondary N) is 2. The number of hydrogen-bond donors (Lipinski definition) is 3. The molecule has 1 aliphatic carbocycles. The van der Waals surface area contributed by atoms with Crippen LogP contribution < -0.4 is 10.6 Å². The molecule has 10 heteroatoms. The maximum Gasteiger partial charge on any atom is 0.431 e. The van der Waals surface area contributed by atoms with Crippen molar-refractivity contribution in [1.29, 1.82) is 0 Å². The van der Waals surface area contributed by atoms with Crippen molar-refractivity contribution >= 4 is 17.5 Å². The Morgan fingerprint density at radius 2 is 1.88 bits per heavy atom. The molecule has 0 saturated carbocycles. The van der Waals surface area contributed by atoms with Gasteiger partial charge in [-0.2, -0.15) is 28.1 Å². The Kier molecular flexibility index (Phi) is 6.17. The van der Waals surface area contributed by atoms with Crippen LogP contribution in [0.1, 0.15) is 45.9 Å². The van der Waals surface area contributed by atoms with Crippen molar-refractivity contribution in [3.63, 3.8) is 0 Å². The molecule has 1 aliphatic rings. The molecule has 1 unspecified atom stereocenters. The molecule has 0 amide bonds. The lowest BCUT2D eigenvalue weighted by Crippen LogP contribution is -2.22. The van der Waals surface area contributed by atoms with Crippen molar-refractivity contribution < 1.29 is 22.7 Å². The van der Waals surface area contributed by atoms with E-state index in [1.54, 1.807) is 13.8 Å². The second-order valence-electron chi connectivity index (χ2n) is 6.16. The van der Waals surface area contributed by atoms with Crippen molar-refractivity contribution in [2.45, 2.75) is 58.4 Å². The summed E-state index contributed by atoms with van der Waals surface area (Å²) in [5.41, 5.74) is -0.960. The summed E-state index contributed by atoms with van der Waals surface area (Å²) in [4.78, 5) is 11.9. The van der Waals surface area contributed by atoms with E-state index in [1.165, 1.54) is 6.92 Å². The first-order valence-corrected chi connectivity index (χ1v) is 8.22. The summed E-state index contributed by atoms with van der Waals surface area (Å²) in [6, 6.07) is -0.0994. The van der Waals surface area contributed by atoms with Crippen LogP contribution in [0.5, 0.6) is 0 Å². The van der Waals surface area contributed by atoms with Crippen molar-refractivity contribution in [3.05, 3.63) is 23.4 Å². The maximum absolute atomic E-state index is 14.3. The van der Waals surface area contributed by atoms with Gasteiger partial charge in [-0.3, -0.25) is 0 Å². The maximum atomic E-state index is 14.3. The smallest absolute Gasteiger partial charge is 0.386 e. The van der Waals surface area contributed by atoms with E-state index in [-0.39, 0.29) is 42.2 Å². The van der Waals surface area contributed by atoms with E-state index in [2.05, 4.69) is 25.6 Å². The van der Waals surface area contributed by atoms with Crippen LogP contribution in [0.15, 0.2) is 17.6 Å². The molecule has 26 heavy (non-hydrogen) atoms. The largest absolute Gasteiger partial charge is 0.431 e. The Labute approximate surface area is 148 Å². The highest BCUT2D eigenvalue weighted by molar-refractivity contribution is 5.65. The molecule has 0 aromatic carbocycles. The summed E-state index contributed by atoms with van der Waals surface area (Å²) in [5.74, 6) is -1.19. The topological polar surface area (TPSA) is 83.0 Å². The molecule has 2 rings (SSSR count). The lowest BCUT2D eigenvalue weighted by atomic mass is 9.96. The van der Waals surface area contributed by atoms with E-state index < -0.39 is 23.8 Å². The van der Waals surface area contributed by atoms with E-state index >= 15 is 0 Å². The van der Waals surface area contributed by atoms with Gasteiger partial charge >= 0.3 is 6.18 Å². The molecular formula is C16H21F4N5O. The number of hydrogen-bond acceptors (Lipinski definition) is 6. The van der Waals surface area contributed by atoms with Gasteiger partial charge in [-0.25, -0.2) is 4.39 Å². The molecule has 6 nitrogen and oxygen atoms in total. The SMILES string of the molecule is CC=C(Nc1nc(NC(C)C)nc(C2=C(F)C(O)CCC2)n1)C(F)(F)F. The molecule has 0 bridgehead atoms. The monoisotopic (exact) mass is 375 g/mol. The molecule has 0 radical (unpaired) electrons. The third-order valence-corrected chi connectivity index (χ3v) is 3.65. The highest BCUT2D eigenvalue weighted by atomic mass is 19.4. The van der Waals surface area contributed by atoms with Gasteiger partial charge in [-0.05, 0) is 40.0 Å². The summed E-state index contributed by atoms with van der Waals surface area (Å²) >= 11 is 0. The first-order chi connectivity index (χ1) is 12.1. The van der Waals surface area contributed by atoms with Gasteiger partial charge in [0.15, 0.2) is 5.82 Å². The van der Waals surface area contributed by atoms with E-state index in [0.29, 0.717) is 6.42 Å². The van der Waals surface area contributed by atoms with Crippen LogP contribution in [0.25, 0.3) is 5.57 Å². The number of allylic oxidation sites excluding steroid dienone is 3. The number of alkyl halides is 3. The van der Waals surface area contributed by atoms with Crippen molar-refractivity contribution in [2.24, 2.45) is 0 Å². The fraction of sp³-hybridized carbons (Fsp3) is 0.562. The van der Waals surface area contributed by atoms with Crippen LogP contribution in [0.2, 0.25) is 0 Å². The summed E-state index contributed by atoms with van der Waals surface area (Å²) in [7, 11) is 0. The molecular weight excluding hydrogens is 354 g/mol. The summed E-state index contributed by atoms with van der Waals surface area (Å²) < 4.78 is 53.2. The number of aliphatic hydroxyl groups excluding tert-OH is 1. The van der Waals surface area contributed by atoms with Crippen LogP contribution >= 0.6 is 0 Å². The average Bonchev–Trinajstić information content (AvgIpc) is 2.53. The van der Waals surface area contributed by atoms with E-state index in [9.17, 15) is 22.7 Å². The van der Waals surface area contributed by atoms with Gasteiger partial charge in [0.1, 0.15) is 17.6 Å². The van der Waals surface area contributed by atoms with Crippen molar-refractivity contribution in [2.75, 3.05) is 10.6 Å². The number of nitrogens with zero attached hydrogens (tertiary/aromatic N) is 3. The predicted molar refractivity (Wildman–Crippen MR) is 89.9 cm³/mol. The predicted octanol–water partition coefficient (Wildman–Crippen LogP) is 3.80. The minimum Gasteiger partial charge on any atom is -0.386 e. The first kappa shape index (κ1) is 20.1. The van der Waals surface area contributed by atoms with Gasteiger partial charge in [0.05, 0.1) is 0 Å². The average molecular weight is 375 g/mol. The second-order valence-corrected chi connectivity index (χ2v) is 6.16. The molecule has 1 heterocycles. The van der Waals surface area contributed by atoms with Gasteiger partial charge in [0.2, 0.25) is 11.9 Å². The molecule has 0 spiro atoms. The fourth-order valence-corrected chi connectivity index (χ4v) is 2.45. The standard InChI is InChI=1S/C16H21F4N5O/c1-4-11(16(18,19)20)22-15-24-13(23-14(25-15)21-8(2)3)9-6-5-7-10(26)12(9)17/h4,8,10,26H,5-7H2,1-3H3,(H2,21,22,23,24,25). The summed E-state index contributed by atoms with van der Waals surface area (Å²) in [5, 5.41) is 14.7. The van der Waals surface area contributed by atoms with E-state index in [4.69, 9.17) is 0 Å². The molecule has 1 aromatic heterocycles. The second kappa shape index (κ2) is 7.98. The number of aliphatic hydroxyl groups is 1. The third kappa shape index (κ3) is 4.90. The van der Waals surface area contributed by atoms with Gasteiger partial charge in [0, 0.05) is 11.6 Å². The van der Waals surface area contributed by atoms with E-state index in [0.717, 1.165) is 6.08 Å². The van der Waals surface area contributed by atoms with Crippen molar-refractivity contribution in [1.82, 2.24) is 15.0 Å². The Morgan fingerprint density at radius 1 is 1.23 bits per heavy atom. The van der Waals surface area contributed by atoms with Gasteiger partial charge in [-0.15, -0.1) is 0 Å². The Hall–Kier alpha value is -2.23. The van der Waals surface area contributed by atoms with Crippen LogP contribution in [-0.2, 0) is 0 Å². The van der Waals surface area contributed by atoms with Gasteiger partial charge in [0.25, 0.3) is 0 Å². The van der Waals surface area contributed by atoms with Crippen LogP contribution in [0, 0.1) is 0 Å². The normalized spacial score (nSPS) is 19.1. The number of anilines is 2. The van der Waals surface area contributed by atoms with Gasteiger partial charge in [-0.1, -0.05) is 6.08 Å². The molecule has 144 valence electrons. The summed E-state index contributed by atoms with van der Waals surface area (Å²) in [6.07, 6.45) is -3.94. The number of rotatable bonds is 5. The Balaban J connectivity index is 2.47. The van der Waals surface area contributed by atoms with Crippen LogP contribution in [0.3, 0.4) is 0 Å². The molecule has 0 aliphatic heterocycles. The Morgan fingerprint density at radius 3 is 2.46 bits per heavy atom. The third-order valence-electron chi connectivity index (χ3n) is 3.65. The molecule has 1 atom stereocenters. The molecule has 1 aromatic rings. The highest BCUT2D eigenvalue weighted by Crippen LogP contribution is 2.33. The first-order valence-electron chi connectivity index (χ1n) is 8.22.